The molecule has 0 radical (unpaired) electrons. The van der Waals surface area contributed by atoms with E-state index in [1.165, 1.54) is 0 Å². The van der Waals surface area contributed by atoms with Gasteiger partial charge in [0.1, 0.15) is 13.7 Å². The van der Waals surface area contributed by atoms with Crippen molar-refractivity contribution in [3.8, 4) is 5.75 Å². The average molecular weight is 265 g/mol. The second-order valence-corrected chi connectivity index (χ2v) is 4.88. The van der Waals surface area contributed by atoms with Crippen LogP contribution >= 0.6 is 8.25 Å². The molecule has 2 aromatic rings. The van der Waals surface area contributed by atoms with Crippen LogP contribution in [0.1, 0.15) is 13.3 Å². The number of aromatic nitrogens is 1. The SMILES string of the molecule is CCCO[P+](=O)Oc1ccc2ccc[n+](C)c2c1. The van der Waals surface area contributed by atoms with E-state index in [2.05, 4.69) is 0 Å². The first-order chi connectivity index (χ1) is 8.70. The lowest BCUT2D eigenvalue weighted by molar-refractivity contribution is -0.644. The van der Waals surface area contributed by atoms with Gasteiger partial charge in [-0.05, 0) is 24.6 Å². The summed E-state index contributed by atoms with van der Waals surface area (Å²) in [7, 11) is -0.129. The van der Waals surface area contributed by atoms with Crippen LogP contribution in [-0.4, -0.2) is 6.61 Å². The average Bonchev–Trinajstić information content (AvgIpc) is 2.37. The third-order valence-electron chi connectivity index (χ3n) is 2.55. The Labute approximate surface area is 107 Å². The van der Waals surface area contributed by atoms with Gasteiger partial charge in [-0.2, -0.15) is 0 Å². The zero-order valence-corrected chi connectivity index (χ0v) is 11.4. The normalized spacial score (nSPS) is 11.6. The van der Waals surface area contributed by atoms with Gasteiger partial charge in [-0.3, -0.25) is 0 Å². The first-order valence-electron chi connectivity index (χ1n) is 5.87. The molecule has 0 amide bonds. The molecule has 1 aromatic heterocycles. The molecule has 0 aliphatic rings. The second kappa shape index (κ2) is 5.89. The third kappa shape index (κ3) is 3.03. The Morgan fingerprint density at radius 3 is 2.94 bits per heavy atom. The van der Waals surface area contributed by atoms with Crippen LogP contribution in [0.3, 0.4) is 0 Å². The fraction of sp³-hybridized carbons (Fsp3) is 0.308. The molecule has 2 rings (SSSR count). The molecule has 5 heteroatoms. The van der Waals surface area contributed by atoms with Gasteiger partial charge in [0.05, 0.1) is 6.07 Å². The molecule has 18 heavy (non-hydrogen) atoms. The van der Waals surface area contributed by atoms with Gasteiger partial charge in [0.2, 0.25) is 5.52 Å². The van der Waals surface area contributed by atoms with E-state index < -0.39 is 8.25 Å². The van der Waals surface area contributed by atoms with Crippen LogP contribution in [0.25, 0.3) is 10.9 Å². The lowest BCUT2D eigenvalue weighted by Crippen LogP contribution is -2.27. The van der Waals surface area contributed by atoms with E-state index in [4.69, 9.17) is 9.05 Å². The number of fused-ring (bicyclic) bond motifs is 1. The number of pyridine rings is 1. The van der Waals surface area contributed by atoms with E-state index in [-0.39, 0.29) is 0 Å². The van der Waals surface area contributed by atoms with Crippen LogP contribution in [0.4, 0.5) is 0 Å². The smallest absolute Gasteiger partial charge is 0.229 e. The Kier molecular flexibility index (Phi) is 4.24. The van der Waals surface area contributed by atoms with Crippen molar-refractivity contribution in [2.45, 2.75) is 13.3 Å². The number of aryl methyl sites for hydroxylation is 1. The Morgan fingerprint density at radius 1 is 1.33 bits per heavy atom. The van der Waals surface area contributed by atoms with Gasteiger partial charge in [0.15, 0.2) is 11.9 Å². The zero-order valence-electron chi connectivity index (χ0n) is 10.5. The maximum atomic E-state index is 11.5. The van der Waals surface area contributed by atoms with Gasteiger partial charge in [-0.1, -0.05) is 6.92 Å². The maximum Gasteiger partial charge on any atom is 0.750 e. The largest absolute Gasteiger partial charge is 0.750 e. The summed E-state index contributed by atoms with van der Waals surface area (Å²) in [5.74, 6) is 0.557. The molecule has 0 fully saturated rings. The lowest BCUT2D eigenvalue weighted by Gasteiger charge is -1.97. The van der Waals surface area contributed by atoms with Crippen LogP contribution in [-0.2, 0) is 16.1 Å². The summed E-state index contributed by atoms with van der Waals surface area (Å²) in [5.41, 5.74) is 1.02. The van der Waals surface area contributed by atoms with Gasteiger partial charge < -0.3 is 0 Å². The second-order valence-electron chi connectivity index (χ2n) is 3.99. The van der Waals surface area contributed by atoms with Crippen LogP contribution in [0.5, 0.6) is 5.75 Å². The van der Waals surface area contributed by atoms with E-state index in [1.807, 2.05) is 49.0 Å². The van der Waals surface area contributed by atoms with Crippen molar-refractivity contribution in [3.63, 3.8) is 0 Å². The van der Waals surface area contributed by atoms with Crippen molar-refractivity contribution in [2.24, 2.45) is 7.05 Å². The van der Waals surface area contributed by atoms with Gasteiger partial charge >= 0.3 is 8.25 Å². The first kappa shape index (κ1) is 12.9. The third-order valence-corrected chi connectivity index (χ3v) is 3.30. The Morgan fingerprint density at radius 2 is 2.17 bits per heavy atom. The molecule has 1 atom stereocenters. The van der Waals surface area contributed by atoms with E-state index in [1.54, 1.807) is 6.07 Å². The monoisotopic (exact) mass is 265 g/mol. The molecule has 94 valence electrons. The molecule has 0 aliphatic heterocycles. The van der Waals surface area contributed by atoms with Crippen LogP contribution in [0.15, 0.2) is 36.5 Å². The Hall–Kier alpha value is -1.51. The van der Waals surface area contributed by atoms with E-state index in [0.29, 0.717) is 12.4 Å². The predicted molar refractivity (Wildman–Crippen MR) is 69.6 cm³/mol. The molecule has 0 aliphatic carbocycles. The van der Waals surface area contributed by atoms with Gasteiger partial charge in [-0.25, -0.2) is 9.09 Å². The predicted octanol–water partition coefficient (Wildman–Crippen LogP) is 3.13. The van der Waals surface area contributed by atoms with Crippen molar-refractivity contribution in [1.82, 2.24) is 0 Å². The van der Waals surface area contributed by atoms with Gasteiger partial charge in [0.25, 0.3) is 0 Å². The molecule has 0 saturated heterocycles. The Bertz CT molecular complexity index is 571. The summed E-state index contributed by atoms with van der Waals surface area (Å²) in [6, 6.07) is 9.59. The molecule has 1 unspecified atom stereocenters. The van der Waals surface area contributed by atoms with Crippen molar-refractivity contribution in [2.75, 3.05) is 6.61 Å². The highest BCUT2D eigenvalue weighted by Gasteiger charge is 2.22. The van der Waals surface area contributed by atoms with Crippen molar-refractivity contribution in [1.29, 1.82) is 0 Å². The molecule has 0 saturated carbocycles. The summed E-state index contributed by atoms with van der Waals surface area (Å²) in [6.07, 6.45) is 2.77. The first-order valence-corrected chi connectivity index (χ1v) is 6.97. The summed E-state index contributed by atoms with van der Waals surface area (Å²) in [6.45, 7) is 2.40. The molecule has 0 N–H and O–H groups in total. The quantitative estimate of drug-likeness (QED) is 0.616. The minimum atomic E-state index is -2.09. The number of hydrogen-bond donors (Lipinski definition) is 0. The minimum Gasteiger partial charge on any atom is -0.229 e. The fourth-order valence-electron chi connectivity index (χ4n) is 1.66. The lowest BCUT2D eigenvalue weighted by atomic mass is 10.2. The van der Waals surface area contributed by atoms with Crippen LogP contribution in [0.2, 0.25) is 0 Å². The molecular formula is C13H16NO3P+2. The fourth-order valence-corrected chi connectivity index (χ4v) is 2.33. The van der Waals surface area contributed by atoms with Crippen molar-refractivity contribution >= 4 is 19.2 Å². The van der Waals surface area contributed by atoms with Crippen molar-refractivity contribution in [3.05, 3.63) is 36.5 Å². The topological polar surface area (TPSA) is 39.4 Å². The molecule has 1 aromatic carbocycles. The molecule has 0 spiro atoms. The molecule has 1 heterocycles. The van der Waals surface area contributed by atoms with Crippen LogP contribution in [0, 0.1) is 0 Å². The number of nitrogens with zero attached hydrogens (tertiary/aromatic N) is 1. The number of rotatable bonds is 5. The summed E-state index contributed by atoms with van der Waals surface area (Å²) < 4.78 is 23.7. The zero-order chi connectivity index (χ0) is 13.0. The minimum absolute atomic E-state index is 0.441. The molecular weight excluding hydrogens is 249 g/mol. The summed E-state index contributed by atoms with van der Waals surface area (Å²) >= 11 is 0. The molecule has 4 nitrogen and oxygen atoms in total. The maximum absolute atomic E-state index is 11.5. The highest BCUT2D eigenvalue weighted by atomic mass is 31.1. The van der Waals surface area contributed by atoms with E-state index in [0.717, 1.165) is 17.3 Å². The van der Waals surface area contributed by atoms with E-state index >= 15 is 0 Å². The highest BCUT2D eigenvalue weighted by Crippen LogP contribution is 2.29. The van der Waals surface area contributed by atoms with Gasteiger partial charge in [0, 0.05) is 16.0 Å². The number of benzene rings is 1. The molecule has 0 bridgehead atoms. The van der Waals surface area contributed by atoms with E-state index in [9.17, 15) is 4.57 Å². The van der Waals surface area contributed by atoms with Crippen molar-refractivity contribution < 1.29 is 18.2 Å². The number of hydrogen-bond acceptors (Lipinski definition) is 3. The van der Waals surface area contributed by atoms with Gasteiger partial charge in [-0.15, -0.1) is 4.52 Å². The highest BCUT2D eigenvalue weighted by molar-refractivity contribution is 7.33. The Balaban J connectivity index is 2.19. The summed E-state index contributed by atoms with van der Waals surface area (Å²) in [5, 5.41) is 1.11. The standard InChI is InChI=1S/C13H16NO3P/c1-3-9-16-18(15)17-12-7-6-11-5-4-8-14(2)13(11)10-12/h4-8,10H,3,9H2,1-2H3/q+2. The summed E-state index contributed by atoms with van der Waals surface area (Å²) in [4.78, 5) is 0. The van der Waals surface area contributed by atoms with Crippen LogP contribution < -0.4 is 9.09 Å².